The maximum absolute atomic E-state index is 12.8. The van der Waals surface area contributed by atoms with Crippen molar-refractivity contribution in [3.8, 4) is 0 Å². The molecule has 0 radical (unpaired) electrons. The number of halogens is 3. The summed E-state index contributed by atoms with van der Waals surface area (Å²) in [6.07, 6.45) is 0. The Morgan fingerprint density at radius 1 is 1.46 bits per heavy atom. The smallest absolute Gasteiger partial charge is 0.145 e. The van der Waals surface area contributed by atoms with E-state index in [4.69, 9.17) is 11.6 Å². The lowest BCUT2D eigenvalue weighted by Crippen LogP contribution is -2.11. The van der Waals surface area contributed by atoms with Gasteiger partial charge in [0.2, 0.25) is 0 Å². The first-order valence-electron chi connectivity index (χ1n) is 3.54. The number of hydrogen-bond donors (Lipinski definition) is 1. The summed E-state index contributed by atoms with van der Waals surface area (Å²) in [4.78, 5) is 4.53. The van der Waals surface area contributed by atoms with E-state index in [9.17, 15) is 8.78 Å². The topological polar surface area (TPSA) is 21.3 Å². The average molecular weight is 208 g/mol. The molecule has 0 saturated carbocycles. The summed E-state index contributed by atoms with van der Waals surface area (Å²) < 4.78 is 25.5. The molecule has 0 aromatic heterocycles. The van der Waals surface area contributed by atoms with E-state index < -0.39 is 11.6 Å². The van der Waals surface area contributed by atoms with Crippen LogP contribution in [0.15, 0.2) is 12.1 Å². The van der Waals surface area contributed by atoms with Crippen LogP contribution in [0.1, 0.15) is 5.56 Å². The number of rotatable bonds is 3. The predicted octanol–water partition coefficient (Wildman–Crippen LogP) is 2.27. The van der Waals surface area contributed by atoms with Gasteiger partial charge in [-0.3, -0.25) is 0 Å². The first-order valence-corrected chi connectivity index (χ1v) is 3.92. The molecule has 0 amide bonds. The summed E-state index contributed by atoms with van der Waals surface area (Å²) in [6, 6.07) is 1.88. The number of hydrogen-bond acceptors (Lipinski definition) is 2. The van der Waals surface area contributed by atoms with Crippen molar-refractivity contribution in [3.63, 3.8) is 0 Å². The molecule has 0 unspecified atom stereocenters. The molecule has 72 valence electrons. The molecule has 0 aliphatic rings. The Morgan fingerprint density at radius 3 is 2.77 bits per heavy atom. The Balaban J connectivity index is 2.92. The summed E-state index contributed by atoms with van der Waals surface area (Å²) in [7, 11) is 1.41. The van der Waals surface area contributed by atoms with E-state index in [2.05, 4.69) is 10.3 Å². The molecule has 0 aliphatic heterocycles. The SMILES string of the molecule is CONCc1cc(F)cc(F)c1Cl. The van der Waals surface area contributed by atoms with Crippen molar-refractivity contribution in [1.82, 2.24) is 5.48 Å². The maximum atomic E-state index is 12.8. The third-order valence-electron chi connectivity index (χ3n) is 1.48. The van der Waals surface area contributed by atoms with Gasteiger partial charge in [0.1, 0.15) is 11.6 Å². The van der Waals surface area contributed by atoms with E-state index in [-0.39, 0.29) is 11.6 Å². The summed E-state index contributed by atoms with van der Waals surface area (Å²) >= 11 is 5.56. The molecule has 1 aromatic carbocycles. The van der Waals surface area contributed by atoms with E-state index in [0.29, 0.717) is 5.56 Å². The van der Waals surface area contributed by atoms with Crippen LogP contribution in [-0.2, 0) is 11.4 Å². The highest BCUT2D eigenvalue weighted by Gasteiger charge is 2.08. The lowest BCUT2D eigenvalue weighted by molar-refractivity contribution is 0.0866. The summed E-state index contributed by atoms with van der Waals surface area (Å²) in [5, 5.41) is -0.0917. The van der Waals surface area contributed by atoms with Crippen molar-refractivity contribution in [3.05, 3.63) is 34.4 Å². The lowest BCUT2D eigenvalue weighted by atomic mass is 10.2. The summed E-state index contributed by atoms with van der Waals surface area (Å²) in [5.41, 5.74) is 2.76. The standard InChI is InChI=1S/C8H8ClF2NO/c1-13-12-4-5-2-6(10)3-7(11)8(5)9/h2-3,12H,4H2,1H3. The number of nitrogens with one attached hydrogen (secondary N) is 1. The van der Waals surface area contributed by atoms with E-state index in [1.807, 2.05) is 0 Å². The van der Waals surface area contributed by atoms with Crippen LogP contribution < -0.4 is 5.48 Å². The minimum absolute atomic E-state index is 0.0917. The van der Waals surface area contributed by atoms with Gasteiger partial charge in [0.25, 0.3) is 0 Å². The molecule has 0 spiro atoms. The molecule has 2 nitrogen and oxygen atoms in total. The molecule has 1 rings (SSSR count). The van der Waals surface area contributed by atoms with Gasteiger partial charge in [0, 0.05) is 12.6 Å². The molecule has 0 fully saturated rings. The van der Waals surface area contributed by atoms with Crippen LogP contribution in [0.4, 0.5) is 8.78 Å². The Morgan fingerprint density at radius 2 is 2.15 bits per heavy atom. The molecule has 1 N–H and O–H groups in total. The minimum Gasteiger partial charge on any atom is -0.305 e. The molecule has 0 bridgehead atoms. The van der Waals surface area contributed by atoms with Gasteiger partial charge in [-0.1, -0.05) is 11.6 Å². The Hall–Kier alpha value is -0.710. The second kappa shape index (κ2) is 4.50. The molecule has 1 aromatic rings. The van der Waals surface area contributed by atoms with Gasteiger partial charge >= 0.3 is 0 Å². The first-order chi connectivity index (χ1) is 6.15. The highest BCUT2D eigenvalue weighted by Crippen LogP contribution is 2.21. The first kappa shape index (κ1) is 10.4. The molecular formula is C8H8ClF2NO. The third kappa shape index (κ3) is 2.62. The van der Waals surface area contributed by atoms with Crippen molar-refractivity contribution >= 4 is 11.6 Å². The molecule has 0 aliphatic carbocycles. The van der Waals surface area contributed by atoms with Gasteiger partial charge in [0.15, 0.2) is 0 Å². The Bertz CT molecular complexity index is 306. The van der Waals surface area contributed by atoms with Crippen molar-refractivity contribution in [1.29, 1.82) is 0 Å². The van der Waals surface area contributed by atoms with Crippen LogP contribution in [0, 0.1) is 11.6 Å². The second-order valence-electron chi connectivity index (χ2n) is 2.39. The normalized spacial score (nSPS) is 10.5. The van der Waals surface area contributed by atoms with Gasteiger partial charge in [-0.25, -0.2) is 8.78 Å². The fourth-order valence-electron chi connectivity index (χ4n) is 0.888. The van der Waals surface area contributed by atoms with Crippen molar-refractivity contribution in [2.24, 2.45) is 0 Å². The van der Waals surface area contributed by atoms with Crippen LogP contribution in [0.25, 0.3) is 0 Å². The van der Waals surface area contributed by atoms with E-state index in [0.717, 1.165) is 12.1 Å². The van der Waals surface area contributed by atoms with Gasteiger partial charge in [0.05, 0.1) is 12.1 Å². The number of hydroxylamine groups is 1. The fourth-order valence-corrected chi connectivity index (χ4v) is 1.06. The lowest BCUT2D eigenvalue weighted by Gasteiger charge is -2.05. The average Bonchev–Trinajstić information content (AvgIpc) is 2.09. The zero-order valence-electron chi connectivity index (χ0n) is 6.90. The van der Waals surface area contributed by atoms with Crippen LogP contribution >= 0.6 is 11.6 Å². The molecule has 0 heterocycles. The van der Waals surface area contributed by atoms with Crippen LogP contribution in [0.2, 0.25) is 5.02 Å². The molecule has 5 heteroatoms. The zero-order valence-corrected chi connectivity index (χ0v) is 7.66. The molecule has 0 saturated heterocycles. The van der Waals surface area contributed by atoms with Crippen LogP contribution in [0.3, 0.4) is 0 Å². The molecule has 0 atom stereocenters. The number of benzene rings is 1. The zero-order chi connectivity index (χ0) is 9.84. The minimum atomic E-state index is -0.769. The largest absolute Gasteiger partial charge is 0.305 e. The quantitative estimate of drug-likeness (QED) is 0.607. The Kier molecular flexibility index (Phi) is 3.59. The van der Waals surface area contributed by atoms with Gasteiger partial charge in [-0.05, 0) is 11.6 Å². The van der Waals surface area contributed by atoms with Crippen molar-refractivity contribution in [2.75, 3.05) is 7.11 Å². The summed E-state index contributed by atoms with van der Waals surface area (Å²) in [6.45, 7) is 0.157. The van der Waals surface area contributed by atoms with Gasteiger partial charge in [-0.2, -0.15) is 5.48 Å². The molecule has 13 heavy (non-hydrogen) atoms. The van der Waals surface area contributed by atoms with Gasteiger partial charge < -0.3 is 4.84 Å². The molecular weight excluding hydrogens is 200 g/mol. The fraction of sp³-hybridized carbons (Fsp3) is 0.250. The van der Waals surface area contributed by atoms with Crippen LogP contribution in [0.5, 0.6) is 0 Å². The van der Waals surface area contributed by atoms with Crippen LogP contribution in [-0.4, -0.2) is 7.11 Å². The van der Waals surface area contributed by atoms with Crippen molar-refractivity contribution < 1.29 is 13.6 Å². The van der Waals surface area contributed by atoms with E-state index in [1.54, 1.807) is 0 Å². The van der Waals surface area contributed by atoms with Crippen molar-refractivity contribution in [2.45, 2.75) is 6.54 Å². The third-order valence-corrected chi connectivity index (χ3v) is 1.90. The van der Waals surface area contributed by atoms with Gasteiger partial charge in [-0.15, -0.1) is 0 Å². The van der Waals surface area contributed by atoms with E-state index in [1.165, 1.54) is 7.11 Å². The highest BCUT2D eigenvalue weighted by molar-refractivity contribution is 6.31. The maximum Gasteiger partial charge on any atom is 0.145 e. The summed E-state index contributed by atoms with van der Waals surface area (Å²) in [5.74, 6) is -1.43. The Labute approximate surface area is 79.4 Å². The predicted molar refractivity (Wildman–Crippen MR) is 45.2 cm³/mol. The second-order valence-corrected chi connectivity index (χ2v) is 2.76. The highest BCUT2D eigenvalue weighted by atomic mass is 35.5. The van der Waals surface area contributed by atoms with E-state index >= 15 is 0 Å². The monoisotopic (exact) mass is 207 g/mol.